The number of benzene rings is 1. The molecule has 3 nitrogen and oxygen atoms in total. The number of nitrogens with zero attached hydrogens (tertiary/aromatic N) is 2. The summed E-state index contributed by atoms with van der Waals surface area (Å²) in [4.78, 5) is 6.89. The van der Waals surface area contributed by atoms with Gasteiger partial charge >= 0.3 is 0 Å². The monoisotopic (exact) mass is 268 g/mol. The number of aryl methyl sites for hydroxylation is 1. The van der Waals surface area contributed by atoms with Crippen molar-refractivity contribution in [3.05, 3.63) is 59.4 Å². The minimum Gasteiger partial charge on any atom is -0.506 e. The molecule has 0 spiro atoms. The molecule has 1 atom stereocenters. The van der Waals surface area contributed by atoms with Crippen molar-refractivity contribution in [3.8, 4) is 5.75 Å². The van der Waals surface area contributed by atoms with Gasteiger partial charge in [0.25, 0.3) is 0 Å². The second-order valence-corrected chi connectivity index (χ2v) is 5.46. The SMILES string of the molecule is Cc1ccc(O)c(CN2CCCC2c2ccccc2)n1. The molecule has 2 aromatic rings. The van der Waals surface area contributed by atoms with Gasteiger partial charge in [0.15, 0.2) is 0 Å². The summed E-state index contributed by atoms with van der Waals surface area (Å²) < 4.78 is 0. The molecule has 0 aliphatic carbocycles. The Morgan fingerprint density at radius 1 is 1.20 bits per heavy atom. The highest BCUT2D eigenvalue weighted by Gasteiger charge is 2.26. The molecule has 1 fully saturated rings. The van der Waals surface area contributed by atoms with Gasteiger partial charge in [0, 0.05) is 18.3 Å². The third-order valence-corrected chi connectivity index (χ3v) is 3.99. The molecule has 2 heterocycles. The van der Waals surface area contributed by atoms with Crippen molar-refractivity contribution in [1.29, 1.82) is 0 Å². The first-order chi connectivity index (χ1) is 9.74. The lowest BCUT2D eigenvalue weighted by molar-refractivity contribution is 0.241. The van der Waals surface area contributed by atoms with Crippen LogP contribution in [-0.4, -0.2) is 21.5 Å². The average molecular weight is 268 g/mol. The second kappa shape index (κ2) is 5.63. The van der Waals surface area contributed by atoms with Crippen LogP contribution in [0.5, 0.6) is 5.75 Å². The fraction of sp³-hybridized carbons (Fsp3) is 0.353. The summed E-state index contributed by atoms with van der Waals surface area (Å²) in [6.45, 7) is 3.74. The van der Waals surface area contributed by atoms with Crippen LogP contribution in [0.3, 0.4) is 0 Å². The normalized spacial score (nSPS) is 19.4. The molecule has 1 saturated heterocycles. The molecule has 0 radical (unpaired) electrons. The Morgan fingerprint density at radius 3 is 2.80 bits per heavy atom. The van der Waals surface area contributed by atoms with Gasteiger partial charge in [-0.15, -0.1) is 0 Å². The van der Waals surface area contributed by atoms with Gasteiger partial charge in [0.1, 0.15) is 5.75 Å². The van der Waals surface area contributed by atoms with Crippen LogP contribution in [-0.2, 0) is 6.54 Å². The zero-order valence-electron chi connectivity index (χ0n) is 11.8. The van der Waals surface area contributed by atoms with Crippen molar-refractivity contribution >= 4 is 0 Å². The zero-order valence-corrected chi connectivity index (χ0v) is 11.8. The van der Waals surface area contributed by atoms with E-state index in [1.165, 1.54) is 18.4 Å². The molecule has 20 heavy (non-hydrogen) atoms. The lowest BCUT2D eigenvalue weighted by Crippen LogP contribution is -2.23. The number of hydrogen-bond donors (Lipinski definition) is 1. The Labute approximate surface area is 119 Å². The molecule has 3 heteroatoms. The van der Waals surface area contributed by atoms with Gasteiger partial charge in [0.2, 0.25) is 0 Å². The summed E-state index contributed by atoms with van der Waals surface area (Å²) in [5.74, 6) is 0.300. The van der Waals surface area contributed by atoms with E-state index in [4.69, 9.17) is 0 Å². The number of hydrogen-bond acceptors (Lipinski definition) is 3. The van der Waals surface area contributed by atoms with E-state index in [1.807, 2.05) is 13.0 Å². The second-order valence-electron chi connectivity index (χ2n) is 5.46. The Morgan fingerprint density at radius 2 is 2.00 bits per heavy atom. The first kappa shape index (κ1) is 13.1. The van der Waals surface area contributed by atoms with E-state index in [-0.39, 0.29) is 0 Å². The predicted octanol–water partition coefficient (Wildman–Crippen LogP) is 3.43. The maximum absolute atomic E-state index is 9.96. The van der Waals surface area contributed by atoms with E-state index in [9.17, 15) is 5.11 Å². The summed E-state index contributed by atoms with van der Waals surface area (Å²) in [6.07, 6.45) is 2.38. The third kappa shape index (κ3) is 2.68. The van der Waals surface area contributed by atoms with Crippen molar-refractivity contribution in [2.24, 2.45) is 0 Å². The molecule has 1 aliphatic rings. The zero-order chi connectivity index (χ0) is 13.9. The standard InChI is InChI=1S/C17H20N2O/c1-13-9-10-17(20)15(18-13)12-19-11-5-8-16(19)14-6-3-2-4-7-14/h2-4,6-7,9-10,16,20H,5,8,11-12H2,1H3. The van der Waals surface area contributed by atoms with Gasteiger partial charge in [0.05, 0.1) is 5.69 Å². The summed E-state index contributed by atoms with van der Waals surface area (Å²) in [6, 6.07) is 14.6. The molecule has 104 valence electrons. The summed E-state index contributed by atoms with van der Waals surface area (Å²) >= 11 is 0. The maximum Gasteiger partial charge on any atom is 0.138 e. The van der Waals surface area contributed by atoms with Crippen molar-refractivity contribution in [1.82, 2.24) is 9.88 Å². The Hall–Kier alpha value is -1.87. The van der Waals surface area contributed by atoms with E-state index >= 15 is 0 Å². The highest BCUT2D eigenvalue weighted by atomic mass is 16.3. The Bertz CT molecular complexity index is 583. The Kier molecular flexibility index (Phi) is 3.70. The molecule has 0 amide bonds. The van der Waals surface area contributed by atoms with Crippen molar-refractivity contribution in [3.63, 3.8) is 0 Å². The van der Waals surface area contributed by atoms with Crippen LogP contribution in [0.4, 0.5) is 0 Å². The molecule has 1 N–H and O–H groups in total. The number of rotatable bonds is 3. The topological polar surface area (TPSA) is 36.4 Å². The molecule has 1 aliphatic heterocycles. The van der Waals surface area contributed by atoms with Crippen LogP contribution < -0.4 is 0 Å². The minimum atomic E-state index is 0.300. The number of aromatic hydroxyl groups is 1. The third-order valence-electron chi connectivity index (χ3n) is 3.99. The first-order valence-corrected chi connectivity index (χ1v) is 7.18. The van der Waals surface area contributed by atoms with Crippen LogP contribution >= 0.6 is 0 Å². The van der Waals surface area contributed by atoms with Gasteiger partial charge in [-0.2, -0.15) is 0 Å². The van der Waals surface area contributed by atoms with Crippen LogP contribution in [0.25, 0.3) is 0 Å². The number of aromatic nitrogens is 1. The van der Waals surface area contributed by atoms with Crippen LogP contribution in [0.15, 0.2) is 42.5 Å². The van der Waals surface area contributed by atoms with E-state index in [1.54, 1.807) is 6.07 Å². The Balaban J connectivity index is 1.81. The maximum atomic E-state index is 9.96. The van der Waals surface area contributed by atoms with Crippen LogP contribution in [0.2, 0.25) is 0 Å². The fourth-order valence-corrected chi connectivity index (χ4v) is 2.98. The van der Waals surface area contributed by atoms with Gasteiger partial charge in [-0.1, -0.05) is 30.3 Å². The van der Waals surface area contributed by atoms with Crippen molar-refractivity contribution in [2.45, 2.75) is 32.4 Å². The summed E-state index contributed by atoms with van der Waals surface area (Å²) in [7, 11) is 0. The molecular weight excluding hydrogens is 248 g/mol. The highest BCUT2D eigenvalue weighted by Crippen LogP contribution is 2.33. The molecule has 1 aromatic heterocycles. The summed E-state index contributed by atoms with van der Waals surface area (Å²) in [5.41, 5.74) is 3.10. The molecule has 1 aromatic carbocycles. The van der Waals surface area contributed by atoms with Gasteiger partial charge in [-0.25, -0.2) is 0 Å². The largest absolute Gasteiger partial charge is 0.506 e. The molecule has 1 unspecified atom stereocenters. The summed E-state index contributed by atoms with van der Waals surface area (Å²) in [5, 5.41) is 9.96. The fourth-order valence-electron chi connectivity index (χ4n) is 2.98. The van der Waals surface area contributed by atoms with Crippen molar-refractivity contribution in [2.75, 3.05) is 6.54 Å². The first-order valence-electron chi connectivity index (χ1n) is 7.18. The predicted molar refractivity (Wildman–Crippen MR) is 79.5 cm³/mol. The molecule has 0 bridgehead atoms. The minimum absolute atomic E-state index is 0.300. The number of pyridine rings is 1. The van der Waals surface area contributed by atoms with Gasteiger partial charge < -0.3 is 5.11 Å². The quantitative estimate of drug-likeness (QED) is 0.926. The number of likely N-dealkylation sites (tertiary alicyclic amines) is 1. The van der Waals surface area contributed by atoms with E-state index in [2.05, 4.69) is 40.2 Å². The van der Waals surface area contributed by atoms with Gasteiger partial charge in [-0.05, 0) is 44.0 Å². The van der Waals surface area contributed by atoms with E-state index in [0.717, 1.165) is 17.9 Å². The molecular formula is C17H20N2O. The highest BCUT2D eigenvalue weighted by molar-refractivity contribution is 5.28. The van der Waals surface area contributed by atoms with Crippen molar-refractivity contribution < 1.29 is 5.11 Å². The van der Waals surface area contributed by atoms with E-state index in [0.29, 0.717) is 18.3 Å². The van der Waals surface area contributed by atoms with Crippen LogP contribution in [0.1, 0.15) is 35.8 Å². The van der Waals surface area contributed by atoms with Gasteiger partial charge in [-0.3, -0.25) is 9.88 Å². The lowest BCUT2D eigenvalue weighted by atomic mass is 10.0. The average Bonchev–Trinajstić information content (AvgIpc) is 2.92. The van der Waals surface area contributed by atoms with Crippen LogP contribution in [0, 0.1) is 6.92 Å². The molecule has 3 rings (SSSR count). The molecule has 0 saturated carbocycles. The smallest absolute Gasteiger partial charge is 0.138 e. The lowest BCUT2D eigenvalue weighted by Gasteiger charge is -2.24. The van der Waals surface area contributed by atoms with E-state index < -0.39 is 0 Å².